The van der Waals surface area contributed by atoms with Gasteiger partial charge in [-0.2, -0.15) is 0 Å². The van der Waals surface area contributed by atoms with Crippen molar-refractivity contribution in [2.75, 3.05) is 12.4 Å². The Hall–Kier alpha value is -3.05. The summed E-state index contributed by atoms with van der Waals surface area (Å²) in [5, 5.41) is 20.9. The van der Waals surface area contributed by atoms with Gasteiger partial charge in [-0.15, -0.1) is 10.2 Å². The lowest BCUT2D eigenvalue weighted by atomic mass is 10.1. The molecular weight excluding hydrogens is 536 g/mol. The lowest BCUT2D eigenvalue weighted by Gasteiger charge is -2.17. The standard InChI is InChI=1S/C24H27BrN4O5S/c1-4-33-18-11-7-17(8-12-18)29-20(13-34-19-9-5-16(25)6-10-19)27-28-24(29)35-14-21(30)26-22(15(2)3)23(31)32/h5-12,15,22H,4,13-14H2,1-3H3,(H,26,30)(H,31,32)/t22-/m0/s1. The first-order chi connectivity index (χ1) is 16.8. The van der Waals surface area contributed by atoms with Gasteiger partial charge in [0.25, 0.3) is 0 Å². The van der Waals surface area contributed by atoms with Crippen LogP contribution in [0, 0.1) is 5.92 Å². The zero-order valence-corrected chi connectivity index (χ0v) is 22.0. The fourth-order valence-electron chi connectivity index (χ4n) is 3.14. The first-order valence-corrected chi connectivity index (χ1v) is 12.8. The van der Waals surface area contributed by atoms with E-state index in [9.17, 15) is 14.7 Å². The fourth-order valence-corrected chi connectivity index (χ4v) is 4.19. The average molecular weight is 563 g/mol. The van der Waals surface area contributed by atoms with Gasteiger partial charge in [0.2, 0.25) is 5.91 Å². The molecule has 0 unspecified atom stereocenters. The van der Waals surface area contributed by atoms with E-state index in [0.29, 0.717) is 23.3 Å². The van der Waals surface area contributed by atoms with Gasteiger partial charge in [0.15, 0.2) is 11.0 Å². The highest BCUT2D eigenvalue weighted by Crippen LogP contribution is 2.25. The van der Waals surface area contributed by atoms with Gasteiger partial charge in [0, 0.05) is 10.2 Å². The quantitative estimate of drug-likeness (QED) is 0.313. The topological polar surface area (TPSA) is 116 Å². The van der Waals surface area contributed by atoms with Crippen molar-refractivity contribution in [3.63, 3.8) is 0 Å². The Morgan fingerprint density at radius 1 is 1.06 bits per heavy atom. The number of carboxylic acid groups (broad SMARTS) is 1. The maximum Gasteiger partial charge on any atom is 0.326 e. The van der Waals surface area contributed by atoms with E-state index in [1.807, 2.05) is 60.0 Å². The number of thioether (sulfide) groups is 1. The van der Waals surface area contributed by atoms with Crippen LogP contribution in [-0.4, -0.2) is 50.1 Å². The van der Waals surface area contributed by atoms with Crippen molar-refractivity contribution in [1.29, 1.82) is 0 Å². The van der Waals surface area contributed by atoms with Gasteiger partial charge in [-0.1, -0.05) is 41.5 Å². The van der Waals surface area contributed by atoms with E-state index >= 15 is 0 Å². The van der Waals surface area contributed by atoms with E-state index < -0.39 is 17.9 Å². The highest BCUT2D eigenvalue weighted by molar-refractivity contribution is 9.10. The molecule has 0 saturated heterocycles. The molecular formula is C24H27BrN4O5S. The highest BCUT2D eigenvalue weighted by atomic mass is 79.9. The molecule has 1 aromatic heterocycles. The number of hydrogen-bond acceptors (Lipinski definition) is 7. The van der Waals surface area contributed by atoms with E-state index in [4.69, 9.17) is 9.47 Å². The lowest BCUT2D eigenvalue weighted by Crippen LogP contribution is -2.45. The zero-order valence-electron chi connectivity index (χ0n) is 19.6. The Kier molecular flexibility index (Phi) is 9.55. The van der Waals surface area contributed by atoms with Gasteiger partial charge in [-0.25, -0.2) is 4.79 Å². The first-order valence-electron chi connectivity index (χ1n) is 11.0. The van der Waals surface area contributed by atoms with Crippen molar-refractivity contribution in [3.05, 3.63) is 58.8 Å². The number of benzene rings is 2. The summed E-state index contributed by atoms with van der Waals surface area (Å²) in [7, 11) is 0. The van der Waals surface area contributed by atoms with Crippen molar-refractivity contribution >= 4 is 39.6 Å². The Morgan fingerprint density at radius 3 is 2.29 bits per heavy atom. The molecule has 0 bridgehead atoms. The normalized spacial score (nSPS) is 11.8. The molecule has 186 valence electrons. The summed E-state index contributed by atoms with van der Waals surface area (Å²) in [6.45, 7) is 6.11. The second kappa shape index (κ2) is 12.6. The third kappa shape index (κ3) is 7.46. The number of carbonyl (C=O) groups excluding carboxylic acids is 1. The zero-order chi connectivity index (χ0) is 25.4. The molecule has 0 fully saturated rings. The second-order valence-electron chi connectivity index (χ2n) is 7.82. The van der Waals surface area contributed by atoms with E-state index in [2.05, 4.69) is 31.4 Å². The second-order valence-corrected chi connectivity index (χ2v) is 9.68. The van der Waals surface area contributed by atoms with Crippen molar-refractivity contribution < 1.29 is 24.2 Å². The number of carbonyl (C=O) groups is 2. The number of nitrogens with one attached hydrogen (secondary N) is 1. The monoisotopic (exact) mass is 562 g/mol. The predicted octanol–water partition coefficient (Wildman–Crippen LogP) is 4.33. The van der Waals surface area contributed by atoms with Gasteiger partial charge in [0.1, 0.15) is 24.1 Å². The summed E-state index contributed by atoms with van der Waals surface area (Å²) in [4.78, 5) is 23.8. The molecule has 3 rings (SSSR count). The summed E-state index contributed by atoms with van der Waals surface area (Å²) < 4.78 is 14.2. The van der Waals surface area contributed by atoms with Crippen molar-refractivity contribution in [2.45, 2.75) is 38.6 Å². The van der Waals surface area contributed by atoms with E-state index in [-0.39, 0.29) is 18.3 Å². The van der Waals surface area contributed by atoms with E-state index in [1.165, 1.54) is 11.8 Å². The van der Waals surface area contributed by atoms with Crippen LogP contribution < -0.4 is 14.8 Å². The van der Waals surface area contributed by atoms with Crippen molar-refractivity contribution in [1.82, 2.24) is 20.1 Å². The summed E-state index contributed by atoms with van der Waals surface area (Å²) in [6, 6.07) is 13.9. The van der Waals surface area contributed by atoms with Crippen LogP contribution in [0.25, 0.3) is 5.69 Å². The molecule has 1 atom stereocenters. The van der Waals surface area contributed by atoms with Gasteiger partial charge >= 0.3 is 5.97 Å². The Morgan fingerprint density at radius 2 is 1.69 bits per heavy atom. The minimum Gasteiger partial charge on any atom is -0.494 e. The van der Waals surface area contributed by atoms with Crippen LogP contribution in [0.15, 0.2) is 58.2 Å². The molecule has 0 spiro atoms. The third-order valence-electron chi connectivity index (χ3n) is 4.87. The SMILES string of the molecule is CCOc1ccc(-n2c(COc3ccc(Br)cc3)nnc2SCC(=O)N[C@H](C(=O)O)C(C)C)cc1. The van der Waals surface area contributed by atoms with Crippen LogP contribution in [0.3, 0.4) is 0 Å². The third-order valence-corrected chi connectivity index (χ3v) is 6.33. The number of amides is 1. The maximum atomic E-state index is 12.4. The first kappa shape index (κ1) is 26.6. The maximum absolute atomic E-state index is 12.4. The Balaban J connectivity index is 1.80. The summed E-state index contributed by atoms with van der Waals surface area (Å²) in [5.74, 6) is 0.241. The summed E-state index contributed by atoms with van der Waals surface area (Å²) >= 11 is 4.57. The minimum atomic E-state index is -1.07. The van der Waals surface area contributed by atoms with Gasteiger partial charge in [-0.3, -0.25) is 9.36 Å². The molecule has 1 amide bonds. The molecule has 2 N–H and O–H groups in total. The van der Waals surface area contributed by atoms with Gasteiger partial charge in [0.05, 0.1) is 12.4 Å². The number of carboxylic acids is 1. The van der Waals surface area contributed by atoms with Crippen LogP contribution in [0.2, 0.25) is 0 Å². The molecule has 2 aromatic carbocycles. The number of hydrogen-bond donors (Lipinski definition) is 2. The fraction of sp³-hybridized carbons (Fsp3) is 0.333. The van der Waals surface area contributed by atoms with Gasteiger partial charge < -0.3 is 19.9 Å². The number of aromatic nitrogens is 3. The highest BCUT2D eigenvalue weighted by Gasteiger charge is 2.24. The summed E-state index contributed by atoms with van der Waals surface area (Å²) in [5.41, 5.74) is 0.779. The molecule has 9 nitrogen and oxygen atoms in total. The number of nitrogens with zero attached hydrogens (tertiary/aromatic N) is 3. The van der Waals surface area contributed by atoms with Crippen molar-refractivity contribution in [3.8, 4) is 17.2 Å². The van der Waals surface area contributed by atoms with E-state index in [0.717, 1.165) is 15.9 Å². The molecule has 0 radical (unpaired) electrons. The summed E-state index contributed by atoms with van der Waals surface area (Å²) in [6.07, 6.45) is 0. The Bertz CT molecular complexity index is 1140. The number of rotatable bonds is 12. The minimum absolute atomic E-state index is 0.0147. The lowest BCUT2D eigenvalue weighted by molar-refractivity contribution is -0.142. The smallest absolute Gasteiger partial charge is 0.326 e. The molecule has 35 heavy (non-hydrogen) atoms. The molecule has 0 aliphatic rings. The van der Waals surface area contributed by atoms with Crippen molar-refractivity contribution in [2.24, 2.45) is 5.92 Å². The number of ether oxygens (including phenoxy) is 2. The molecule has 0 aliphatic heterocycles. The van der Waals surface area contributed by atoms with Crippen LogP contribution in [-0.2, 0) is 16.2 Å². The van der Waals surface area contributed by atoms with Crippen LogP contribution in [0.1, 0.15) is 26.6 Å². The molecule has 1 heterocycles. The average Bonchev–Trinajstić information content (AvgIpc) is 3.24. The number of aliphatic carboxylic acids is 1. The van der Waals surface area contributed by atoms with Gasteiger partial charge in [-0.05, 0) is 61.4 Å². The van der Waals surface area contributed by atoms with Crippen LogP contribution in [0.4, 0.5) is 0 Å². The molecule has 0 saturated carbocycles. The van der Waals surface area contributed by atoms with E-state index in [1.54, 1.807) is 13.8 Å². The largest absolute Gasteiger partial charge is 0.494 e. The predicted molar refractivity (Wildman–Crippen MR) is 136 cm³/mol. The van der Waals surface area contributed by atoms with Crippen LogP contribution in [0.5, 0.6) is 11.5 Å². The molecule has 11 heteroatoms. The Labute approximate surface area is 216 Å². The number of halogens is 1. The molecule has 0 aliphatic carbocycles. The molecule has 3 aromatic rings. The van der Waals surface area contributed by atoms with Crippen LogP contribution >= 0.6 is 27.7 Å².